The Morgan fingerprint density at radius 2 is 2.38 bits per heavy atom. The predicted molar refractivity (Wildman–Crippen MR) is 66.4 cm³/mol. The fraction of sp³-hybridized carbons (Fsp3) is 0.273. The van der Waals surface area contributed by atoms with Crippen LogP contribution in [-0.2, 0) is 4.79 Å². The number of carbonyl (C=O) groups is 1. The van der Waals surface area contributed by atoms with Crippen molar-refractivity contribution in [3.63, 3.8) is 0 Å². The third kappa shape index (κ3) is 3.87. The van der Waals surface area contributed by atoms with Crippen molar-refractivity contribution >= 4 is 33.7 Å². The molecule has 1 aromatic carbocycles. The molecule has 0 heterocycles. The molecule has 0 saturated carbocycles. The molecular weight excluding hydrogens is 290 g/mol. The van der Waals surface area contributed by atoms with Gasteiger partial charge >= 0.3 is 5.97 Å². The zero-order valence-electron chi connectivity index (χ0n) is 8.61. The Morgan fingerprint density at radius 3 is 2.94 bits per heavy atom. The van der Waals surface area contributed by atoms with E-state index >= 15 is 0 Å². The van der Waals surface area contributed by atoms with Crippen molar-refractivity contribution in [3.05, 3.63) is 28.2 Å². The van der Waals surface area contributed by atoms with Crippen LogP contribution in [0.4, 0.5) is 0 Å². The molecule has 1 N–H and O–H groups in total. The molecular formula is C11H10BrNO2S. The Bertz CT molecular complexity index is 442. The van der Waals surface area contributed by atoms with Crippen LogP contribution >= 0.6 is 27.7 Å². The molecule has 5 heteroatoms. The van der Waals surface area contributed by atoms with E-state index in [9.17, 15) is 4.79 Å². The molecule has 1 atom stereocenters. The lowest BCUT2D eigenvalue weighted by molar-refractivity contribution is -0.136. The largest absolute Gasteiger partial charge is 0.481 e. The van der Waals surface area contributed by atoms with Gasteiger partial charge in [0.2, 0.25) is 0 Å². The van der Waals surface area contributed by atoms with Crippen LogP contribution in [0.15, 0.2) is 27.6 Å². The van der Waals surface area contributed by atoms with Crippen molar-refractivity contribution in [1.29, 1.82) is 5.26 Å². The van der Waals surface area contributed by atoms with Gasteiger partial charge in [-0.3, -0.25) is 4.79 Å². The highest BCUT2D eigenvalue weighted by Gasteiger charge is 2.12. The van der Waals surface area contributed by atoms with E-state index in [1.807, 2.05) is 19.1 Å². The summed E-state index contributed by atoms with van der Waals surface area (Å²) in [5.41, 5.74) is 0.566. The standard InChI is InChI=1S/C11H10BrNO2S/c1-7(4-11(14)15)16-10-3-2-9(12)5-8(10)6-13/h2-3,5,7H,4H2,1H3,(H,14,15). The summed E-state index contributed by atoms with van der Waals surface area (Å²) in [7, 11) is 0. The summed E-state index contributed by atoms with van der Waals surface area (Å²) in [6, 6.07) is 7.50. The van der Waals surface area contributed by atoms with Crippen LogP contribution in [0.3, 0.4) is 0 Å². The predicted octanol–water partition coefficient (Wildman–Crippen LogP) is 3.28. The monoisotopic (exact) mass is 299 g/mol. The SMILES string of the molecule is CC(CC(=O)O)Sc1ccc(Br)cc1C#N. The Morgan fingerprint density at radius 1 is 1.69 bits per heavy atom. The molecule has 3 nitrogen and oxygen atoms in total. The normalized spacial score (nSPS) is 11.8. The first-order chi connectivity index (χ1) is 7.52. The van der Waals surface area contributed by atoms with Gasteiger partial charge in [0.05, 0.1) is 12.0 Å². The summed E-state index contributed by atoms with van der Waals surface area (Å²) >= 11 is 4.70. The molecule has 1 unspecified atom stereocenters. The number of nitrogens with zero attached hydrogens (tertiary/aromatic N) is 1. The molecule has 0 radical (unpaired) electrons. The number of nitriles is 1. The summed E-state index contributed by atoms with van der Waals surface area (Å²) in [6.07, 6.45) is 0.0889. The van der Waals surface area contributed by atoms with Gasteiger partial charge in [-0.1, -0.05) is 22.9 Å². The van der Waals surface area contributed by atoms with Crippen molar-refractivity contribution in [1.82, 2.24) is 0 Å². The van der Waals surface area contributed by atoms with Gasteiger partial charge in [-0.15, -0.1) is 11.8 Å². The lowest BCUT2D eigenvalue weighted by Gasteiger charge is -2.09. The minimum absolute atomic E-state index is 0.0502. The number of rotatable bonds is 4. The topological polar surface area (TPSA) is 61.1 Å². The molecule has 0 bridgehead atoms. The molecule has 1 aromatic rings. The molecule has 1 rings (SSSR count). The fourth-order valence-electron chi connectivity index (χ4n) is 1.20. The zero-order chi connectivity index (χ0) is 12.1. The molecule has 0 saturated heterocycles. The lowest BCUT2D eigenvalue weighted by atomic mass is 10.2. The Hall–Kier alpha value is -0.990. The minimum Gasteiger partial charge on any atom is -0.481 e. The van der Waals surface area contributed by atoms with Crippen molar-refractivity contribution in [2.45, 2.75) is 23.5 Å². The van der Waals surface area contributed by atoms with Gasteiger partial charge < -0.3 is 5.11 Å². The van der Waals surface area contributed by atoms with E-state index in [1.54, 1.807) is 6.07 Å². The summed E-state index contributed by atoms with van der Waals surface area (Å²) in [5.74, 6) is -0.824. The second kappa shape index (κ2) is 5.92. The molecule has 0 aliphatic rings. The lowest BCUT2D eigenvalue weighted by Crippen LogP contribution is -2.05. The minimum atomic E-state index is -0.824. The molecule has 0 aliphatic heterocycles. The molecule has 0 aliphatic carbocycles. The highest BCUT2D eigenvalue weighted by Crippen LogP contribution is 2.29. The van der Waals surface area contributed by atoms with Gasteiger partial charge in [-0.05, 0) is 18.2 Å². The number of carboxylic acids is 1. The number of thioether (sulfide) groups is 1. The van der Waals surface area contributed by atoms with E-state index in [-0.39, 0.29) is 11.7 Å². The van der Waals surface area contributed by atoms with Crippen LogP contribution in [0.1, 0.15) is 18.9 Å². The first-order valence-corrected chi connectivity index (χ1v) is 6.28. The number of benzene rings is 1. The van der Waals surface area contributed by atoms with E-state index < -0.39 is 5.97 Å². The van der Waals surface area contributed by atoms with Gasteiger partial charge in [0.1, 0.15) is 6.07 Å². The molecule has 84 valence electrons. The molecule has 0 spiro atoms. The highest BCUT2D eigenvalue weighted by molar-refractivity contribution is 9.10. The average Bonchev–Trinajstić information content (AvgIpc) is 2.19. The fourth-order valence-corrected chi connectivity index (χ4v) is 2.60. The van der Waals surface area contributed by atoms with Crippen LogP contribution < -0.4 is 0 Å². The third-order valence-corrected chi connectivity index (χ3v) is 3.52. The maximum Gasteiger partial charge on any atom is 0.304 e. The van der Waals surface area contributed by atoms with Crippen LogP contribution in [-0.4, -0.2) is 16.3 Å². The number of hydrogen-bond donors (Lipinski definition) is 1. The summed E-state index contributed by atoms with van der Waals surface area (Å²) in [4.78, 5) is 11.3. The van der Waals surface area contributed by atoms with Crippen LogP contribution in [0.5, 0.6) is 0 Å². The first-order valence-electron chi connectivity index (χ1n) is 4.61. The number of aliphatic carboxylic acids is 1. The Labute approximate surface area is 107 Å². The Kier molecular flexibility index (Phi) is 4.84. The smallest absolute Gasteiger partial charge is 0.304 e. The quantitative estimate of drug-likeness (QED) is 0.867. The molecule has 0 aromatic heterocycles. The average molecular weight is 300 g/mol. The van der Waals surface area contributed by atoms with Gasteiger partial charge in [0, 0.05) is 14.6 Å². The van der Waals surface area contributed by atoms with E-state index in [1.165, 1.54) is 11.8 Å². The highest BCUT2D eigenvalue weighted by atomic mass is 79.9. The van der Waals surface area contributed by atoms with E-state index in [0.29, 0.717) is 5.56 Å². The summed E-state index contributed by atoms with van der Waals surface area (Å²) in [5, 5.41) is 17.5. The van der Waals surface area contributed by atoms with Gasteiger partial charge in [0.25, 0.3) is 0 Å². The van der Waals surface area contributed by atoms with Crippen molar-refractivity contribution in [2.24, 2.45) is 0 Å². The zero-order valence-corrected chi connectivity index (χ0v) is 11.0. The van der Waals surface area contributed by atoms with E-state index in [4.69, 9.17) is 10.4 Å². The molecule has 0 amide bonds. The first kappa shape index (κ1) is 13.1. The van der Waals surface area contributed by atoms with Crippen LogP contribution in [0.25, 0.3) is 0 Å². The van der Waals surface area contributed by atoms with E-state index in [0.717, 1.165) is 9.37 Å². The maximum absolute atomic E-state index is 10.5. The summed E-state index contributed by atoms with van der Waals surface area (Å²) < 4.78 is 0.847. The van der Waals surface area contributed by atoms with Crippen molar-refractivity contribution < 1.29 is 9.90 Å². The number of hydrogen-bond acceptors (Lipinski definition) is 3. The van der Waals surface area contributed by atoms with Gasteiger partial charge in [-0.25, -0.2) is 0 Å². The van der Waals surface area contributed by atoms with Crippen LogP contribution in [0, 0.1) is 11.3 Å². The van der Waals surface area contributed by atoms with Gasteiger partial charge in [0.15, 0.2) is 0 Å². The van der Waals surface area contributed by atoms with Gasteiger partial charge in [-0.2, -0.15) is 5.26 Å². The van der Waals surface area contributed by atoms with Crippen molar-refractivity contribution in [3.8, 4) is 6.07 Å². The van der Waals surface area contributed by atoms with E-state index in [2.05, 4.69) is 22.0 Å². The second-order valence-corrected chi connectivity index (χ2v) is 5.67. The second-order valence-electron chi connectivity index (χ2n) is 3.28. The maximum atomic E-state index is 10.5. The van der Waals surface area contributed by atoms with Crippen LogP contribution in [0.2, 0.25) is 0 Å². The number of halogens is 1. The number of carboxylic acid groups (broad SMARTS) is 1. The summed E-state index contributed by atoms with van der Waals surface area (Å²) in [6.45, 7) is 1.84. The molecule has 0 fully saturated rings. The molecule has 16 heavy (non-hydrogen) atoms. The third-order valence-electron chi connectivity index (χ3n) is 1.85. The van der Waals surface area contributed by atoms with Crippen molar-refractivity contribution in [2.75, 3.05) is 0 Å². The Balaban J connectivity index is 2.81.